The molecule has 128 valence electrons. The summed E-state index contributed by atoms with van der Waals surface area (Å²) in [5.74, 6) is 1.59. The minimum Gasteiger partial charge on any atom is -0.504 e. The molecule has 0 aliphatic heterocycles. The molecule has 5 heteroatoms. The van der Waals surface area contributed by atoms with Crippen LogP contribution in [0.3, 0.4) is 0 Å². The van der Waals surface area contributed by atoms with Gasteiger partial charge in [-0.1, -0.05) is 25.3 Å². The van der Waals surface area contributed by atoms with E-state index in [1.54, 1.807) is 13.2 Å². The number of benzene rings is 1. The first-order valence-electron chi connectivity index (χ1n) is 8.63. The van der Waals surface area contributed by atoms with Gasteiger partial charge in [0.15, 0.2) is 17.5 Å². The van der Waals surface area contributed by atoms with Crippen molar-refractivity contribution in [3.8, 4) is 11.5 Å². The van der Waals surface area contributed by atoms with Gasteiger partial charge in [-0.05, 0) is 43.9 Å². The summed E-state index contributed by atoms with van der Waals surface area (Å²) >= 11 is 0. The number of hydrogen-bond acceptors (Lipinski definition) is 3. The van der Waals surface area contributed by atoms with Gasteiger partial charge in [-0.3, -0.25) is 4.99 Å². The Morgan fingerprint density at radius 3 is 2.78 bits per heavy atom. The minimum absolute atomic E-state index is 0.173. The minimum atomic E-state index is 0.173. The molecule has 1 fully saturated rings. The van der Waals surface area contributed by atoms with E-state index in [1.807, 2.05) is 12.1 Å². The molecule has 1 saturated carbocycles. The smallest absolute Gasteiger partial charge is 0.191 e. The van der Waals surface area contributed by atoms with E-state index in [9.17, 15) is 5.11 Å². The average molecular weight is 319 g/mol. The number of nitrogens with zero attached hydrogens (tertiary/aromatic N) is 1. The number of hydrogen-bond donors (Lipinski definition) is 3. The van der Waals surface area contributed by atoms with Crippen molar-refractivity contribution < 1.29 is 9.84 Å². The van der Waals surface area contributed by atoms with E-state index in [0.717, 1.165) is 24.5 Å². The predicted molar refractivity (Wildman–Crippen MR) is 94.4 cm³/mol. The Morgan fingerprint density at radius 2 is 2.09 bits per heavy atom. The third-order valence-corrected chi connectivity index (χ3v) is 4.20. The maximum absolute atomic E-state index is 9.63. The highest BCUT2D eigenvalue weighted by molar-refractivity contribution is 5.80. The molecule has 3 N–H and O–H groups in total. The highest BCUT2D eigenvalue weighted by Crippen LogP contribution is 2.26. The van der Waals surface area contributed by atoms with Gasteiger partial charge in [-0.2, -0.15) is 0 Å². The van der Waals surface area contributed by atoms with Crippen molar-refractivity contribution in [1.82, 2.24) is 10.6 Å². The first kappa shape index (κ1) is 17.4. The number of methoxy groups -OCH3 is 1. The molecular weight excluding hydrogens is 290 g/mol. The zero-order valence-electron chi connectivity index (χ0n) is 14.3. The van der Waals surface area contributed by atoms with Crippen LogP contribution in [0.25, 0.3) is 0 Å². The molecule has 5 nitrogen and oxygen atoms in total. The number of guanidine groups is 1. The van der Waals surface area contributed by atoms with Gasteiger partial charge in [0.1, 0.15) is 0 Å². The molecule has 23 heavy (non-hydrogen) atoms. The Kier molecular flexibility index (Phi) is 7.04. The van der Waals surface area contributed by atoms with Crippen LogP contribution in [-0.2, 0) is 6.42 Å². The normalized spacial score (nSPS) is 16.2. The highest BCUT2D eigenvalue weighted by Gasteiger charge is 2.14. The SMILES string of the molecule is CCNC(=NCCc1ccc(O)c(OC)c1)NC1CCCCC1. The molecule has 0 radical (unpaired) electrons. The second kappa shape index (κ2) is 9.28. The molecule has 2 rings (SSSR count). The van der Waals surface area contributed by atoms with E-state index < -0.39 is 0 Å². The van der Waals surface area contributed by atoms with Crippen molar-refractivity contribution in [2.45, 2.75) is 51.5 Å². The van der Waals surface area contributed by atoms with E-state index in [-0.39, 0.29) is 5.75 Å². The maximum atomic E-state index is 9.63. The van der Waals surface area contributed by atoms with Gasteiger partial charge < -0.3 is 20.5 Å². The van der Waals surface area contributed by atoms with E-state index in [0.29, 0.717) is 18.3 Å². The monoisotopic (exact) mass is 319 g/mol. The lowest BCUT2D eigenvalue weighted by molar-refractivity contribution is 0.373. The molecule has 1 aromatic rings. The van der Waals surface area contributed by atoms with Crippen molar-refractivity contribution in [2.24, 2.45) is 4.99 Å². The Balaban J connectivity index is 1.89. The summed E-state index contributed by atoms with van der Waals surface area (Å²) in [7, 11) is 1.56. The molecule has 1 aliphatic carbocycles. The number of phenolic OH excluding ortho intramolecular Hbond substituents is 1. The molecule has 0 atom stereocenters. The molecule has 0 aromatic heterocycles. The number of aliphatic imine (C=N–C) groups is 1. The third-order valence-electron chi connectivity index (χ3n) is 4.20. The molecule has 1 aromatic carbocycles. The average Bonchev–Trinajstić information content (AvgIpc) is 2.57. The van der Waals surface area contributed by atoms with Gasteiger partial charge in [-0.15, -0.1) is 0 Å². The highest BCUT2D eigenvalue weighted by atomic mass is 16.5. The Morgan fingerprint density at radius 1 is 1.30 bits per heavy atom. The lowest BCUT2D eigenvalue weighted by atomic mass is 9.96. The van der Waals surface area contributed by atoms with Crippen LogP contribution in [-0.4, -0.2) is 37.3 Å². The fraction of sp³-hybridized carbons (Fsp3) is 0.611. The number of nitrogens with one attached hydrogen (secondary N) is 2. The number of rotatable bonds is 6. The first-order chi connectivity index (χ1) is 11.2. The summed E-state index contributed by atoms with van der Waals surface area (Å²) in [6.45, 7) is 3.66. The molecule has 0 heterocycles. The summed E-state index contributed by atoms with van der Waals surface area (Å²) in [5, 5.41) is 16.5. The van der Waals surface area contributed by atoms with Crippen LogP contribution in [0.5, 0.6) is 11.5 Å². The summed E-state index contributed by atoms with van der Waals surface area (Å²) in [4.78, 5) is 4.67. The second-order valence-electron chi connectivity index (χ2n) is 6.00. The summed E-state index contributed by atoms with van der Waals surface area (Å²) in [6, 6.07) is 6.00. The molecule has 0 saturated heterocycles. The van der Waals surface area contributed by atoms with Crippen molar-refractivity contribution in [3.05, 3.63) is 23.8 Å². The van der Waals surface area contributed by atoms with Crippen LogP contribution >= 0.6 is 0 Å². The van der Waals surface area contributed by atoms with Gasteiger partial charge >= 0.3 is 0 Å². The van der Waals surface area contributed by atoms with Crippen LogP contribution in [0.1, 0.15) is 44.6 Å². The maximum Gasteiger partial charge on any atom is 0.191 e. The van der Waals surface area contributed by atoms with E-state index in [4.69, 9.17) is 4.74 Å². The van der Waals surface area contributed by atoms with Crippen molar-refractivity contribution >= 4 is 5.96 Å². The summed E-state index contributed by atoms with van der Waals surface area (Å²) in [5.41, 5.74) is 1.11. The zero-order valence-corrected chi connectivity index (χ0v) is 14.3. The Labute approximate surface area is 139 Å². The predicted octanol–water partition coefficient (Wildman–Crippen LogP) is 2.83. The zero-order chi connectivity index (χ0) is 16.5. The van der Waals surface area contributed by atoms with E-state index in [1.165, 1.54) is 32.1 Å². The lowest BCUT2D eigenvalue weighted by Gasteiger charge is -2.24. The van der Waals surface area contributed by atoms with Gasteiger partial charge in [0, 0.05) is 19.1 Å². The summed E-state index contributed by atoms with van der Waals surface area (Å²) < 4.78 is 5.14. The lowest BCUT2D eigenvalue weighted by Crippen LogP contribution is -2.44. The molecule has 0 spiro atoms. The van der Waals surface area contributed by atoms with Crippen molar-refractivity contribution in [1.29, 1.82) is 0 Å². The van der Waals surface area contributed by atoms with Crippen LogP contribution in [0, 0.1) is 0 Å². The van der Waals surface area contributed by atoms with Crippen LogP contribution in [0.15, 0.2) is 23.2 Å². The molecule has 0 unspecified atom stereocenters. The molecular formula is C18H29N3O2. The van der Waals surface area contributed by atoms with Gasteiger partial charge in [0.25, 0.3) is 0 Å². The Hall–Kier alpha value is -1.91. The van der Waals surface area contributed by atoms with Crippen molar-refractivity contribution in [3.63, 3.8) is 0 Å². The number of aromatic hydroxyl groups is 1. The fourth-order valence-electron chi connectivity index (χ4n) is 2.93. The first-order valence-corrected chi connectivity index (χ1v) is 8.63. The van der Waals surface area contributed by atoms with E-state index >= 15 is 0 Å². The number of phenols is 1. The van der Waals surface area contributed by atoms with E-state index in [2.05, 4.69) is 22.5 Å². The molecule has 0 amide bonds. The van der Waals surface area contributed by atoms with Crippen molar-refractivity contribution in [2.75, 3.05) is 20.2 Å². The quantitative estimate of drug-likeness (QED) is 0.557. The largest absolute Gasteiger partial charge is 0.504 e. The number of ether oxygens (including phenoxy) is 1. The third kappa shape index (κ3) is 5.66. The molecule has 1 aliphatic rings. The second-order valence-corrected chi connectivity index (χ2v) is 6.00. The fourth-order valence-corrected chi connectivity index (χ4v) is 2.93. The summed E-state index contributed by atoms with van der Waals surface area (Å²) in [6.07, 6.45) is 7.26. The van der Waals surface area contributed by atoms with Crippen LogP contribution < -0.4 is 15.4 Å². The standard InChI is InChI=1S/C18H29N3O2/c1-3-19-18(21-15-7-5-4-6-8-15)20-12-11-14-9-10-16(22)17(13-14)23-2/h9-10,13,15,22H,3-8,11-12H2,1-2H3,(H2,19,20,21). The van der Waals surface area contributed by atoms with Crippen LogP contribution in [0.4, 0.5) is 0 Å². The van der Waals surface area contributed by atoms with Gasteiger partial charge in [0.2, 0.25) is 0 Å². The van der Waals surface area contributed by atoms with Gasteiger partial charge in [-0.25, -0.2) is 0 Å². The Bertz CT molecular complexity index is 511. The van der Waals surface area contributed by atoms with Gasteiger partial charge in [0.05, 0.1) is 7.11 Å². The molecule has 0 bridgehead atoms. The topological polar surface area (TPSA) is 65.9 Å². The van der Waals surface area contributed by atoms with Crippen LogP contribution in [0.2, 0.25) is 0 Å².